The molecule has 1 atom stereocenters. The van der Waals surface area contributed by atoms with Crippen LogP contribution in [-0.2, 0) is 4.79 Å². The third-order valence-electron chi connectivity index (χ3n) is 3.62. The Labute approximate surface area is 165 Å². The highest BCUT2D eigenvalue weighted by atomic mass is 32.2. The number of fused-ring (bicyclic) bond motifs is 1. The van der Waals surface area contributed by atoms with Gasteiger partial charge >= 0.3 is 6.03 Å². The van der Waals surface area contributed by atoms with Gasteiger partial charge in [-0.25, -0.2) is 14.8 Å². The van der Waals surface area contributed by atoms with E-state index in [1.165, 1.54) is 11.8 Å². The lowest BCUT2D eigenvalue weighted by Crippen LogP contribution is -2.45. The number of carbonyl (C=O) groups is 2. The fraction of sp³-hybridized carbons (Fsp3) is 0.263. The van der Waals surface area contributed by atoms with Crippen LogP contribution in [0.4, 0.5) is 4.79 Å². The molecule has 1 aromatic carbocycles. The van der Waals surface area contributed by atoms with Crippen LogP contribution in [0.1, 0.15) is 20.8 Å². The molecule has 3 aromatic rings. The second kappa shape index (κ2) is 8.49. The van der Waals surface area contributed by atoms with Crippen molar-refractivity contribution < 1.29 is 9.59 Å². The molecule has 0 radical (unpaired) electrons. The second-order valence-corrected chi connectivity index (χ2v) is 8.50. The SMILES string of the molecule is CC(C)NC(=O)NC(=O)[C@H](C)Sc1nc(-c2cccs2)nc2ccccc12. The molecule has 0 aliphatic rings. The minimum absolute atomic E-state index is 0.0417. The quantitative estimate of drug-likeness (QED) is 0.498. The molecule has 0 bridgehead atoms. The highest BCUT2D eigenvalue weighted by Crippen LogP contribution is 2.32. The molecule has 6 nitrogen and oxygen atoms in total. The van der Waals surface area contributed by atoms with Crippen molar-refractivity contribution in [2.24, 2.45) is 0 Å². The number of urea groups is 1. The number of benzene rings is 1. The van der Waals surface area contributed by atoms with Gasteiger partial charge in [0.05, 0.1) is 15.6 Å². The molecular formula is C19H20N4O2S2. The van der Waals surface area contributed by atoms with Crippen molar-refractivity contribution in [1.82, 2.24) is 20.6 Å². The van der Waals surface area contributed by atoms with Crippen LogP contribution in [0.3, 0.4) is 0 Å². The first kappa shape index (κ1) is 19.3. The summed E-state index contributed by atoms with van der Waals surface area (Å²) >= 11 is 2.88. The number of rotatable bonds is 5. The van der Waals surface area contributed by atoms with E-state index in [1.54, 1.807) is 18.3 Å². The molecule has 0 saturated heterocycles. The van der Waals surface area contributed by atoms with Gasteiger partial charge in [-0.15, -0.1) is 11.3 Å². The fourth-order valence-corrected chi connectivity index (χ4v) is 3.98. The number of hydrogen-bond donors (Lipinski definition) is 2. The van der Waals surface area contributed by atoms with Gasteiger partial charge in [-0.2, -0.15) is 0 Å². The number of nitrogens with zero attached hydrogens (tertiary/aromatic N) is 2. The summed E-state index contributed by atoms with van der Waals surface area (Å²) in [6, 6.07) is 11.1. The number of aromatic nitrogens is 2. The first-order valence-electron chi connectivity index (χ1n) is 8.52. The van der Waals surface area contributed by atoms with Crippen molar-refractivity contribution in [3.63, 3.8) is 0 Å². The van der Waals surface area contributed by atoms with E-state index in [4.69, 9.17) is 0 Å². The van der Waals surface area contributed by atoms with E-state index < -0.39 is 11.3 Å². The fourth-order valence-electron chi connectivity index (χ4n) is 2.39. The maximum Gasteiger partial charge on any atom is 0.321 e. The molecule has 0 spiro atoms. The van der Waals surface area contributed by atoms with Crippen molar-refractivity contribution >= 4 is 45.9 Å². The van der Waals surface area contributed by atoms with Crippen molar-refractivity contribution in [3.8, 4) is 10.7 Å². The van der Waals surface area contributed by atoms with Crippen LogP contribution in [0, 0.1) is 0 Å². The number of amides is 3. The van der Waals surface area contributed by atoms with Crippen LogP contribution in [0.25, 0.3) is 21.6 Å². The Bertz CT molecular complexity index is 958. The van der Waals surface area contributed by atoms with Crippen molar-refractivity contribution in [2.45, 2.75) is 37.1 Å². The molecule has 0 aliphatic carbocycles. The maximum atomic E-state index is 12.4. The van der Waals surface area contributed by atoms with Crippen LogP contribution < -0.4 is 10.6 Å². The predicted octanol–water partition coefficient (Wildman–Crippen LogP) is 4.07. The molecule has 3 amide bonds. The average molecular weight is 401 g/mol. The van der Waals surface area contributed by atoms with Gasteiger partial charge in [-0.3, -0.25) is 10.1 Å². The predicted molar refractivity (Wildman–Crippen MR) is 110 cm³/mol. The van der Waals surface area contributed by atoms with E-state index in [0.717, 1.165) is 20.8 Å². The zero-order valence-corrected chi connectivity index (χ0v) is 16.9. The molecule has 27 heavy (non-hydrogen) atoms. The average Bonchev–Trinajstić information content (AvgIpc) is 3.15. The normalized spacial score (nSPS) is 12.1. The zero-order valence-electron chi connectivity index (χ0n) is 15.2. The van der Waals surface area contributed by atoms with E-state index in [9.17, 15) is 9.59 Å². The first-order valence-corrected chi connectivity index (χ1v) is 10.3. The molecular weight excluding hydrogens is 380 g/mol. The van der Waals surface area contributed by atoms with Crippen LogP contribution in [0.5, 0.6) is 0 Å². The molecule has 2 N–H and O–H groups in total. The summed E-state index contributed by atoms with van der Waals surface area (Å²) in [5.41, 5.74) is 0.823. The summed E-state index contributed by atoms with van der Waals surface area (Å²) < 4.78 is 0. The van der Waals surface area contributed by atoms with Crippen LogP contribution in [0.15, 0.2) is 46.8 Å². The van der Waals surface area contributed by atoms with Crippen LogP contribution in [0.2, 0.25) is 0 Å². The summed E-state index contributed by atoms with van der Waals surface area (Å²) in [7, 11) is 0. The topological polar surface area (TPSA) is 84.0 Å². The van der Waals surface area contributed by atoms with E-state index in [-0.39, 0.29) is 11.9 Å². The van der Waals surface area contributed by atoms with Crippen LogP contribution >= 0.6 is 23.1 Å². The third-order valence-corrected chi connectivity index (χ3v) is 5.59. The number of hydrogen-bond acceptors (Lipinski definition) is 6. The summed E-state index contributed by atoms with van der Waals surface area (Å²) in [6.45, 7) is 5.42. The largest absolute Gasteiger partial charge is 0.336 e. The molecule has 8 heteroatoms. The van der Waals surface area contributed by atoms with Crippen molar-refractivity contribution in [2.75, 3.05) is 0 Å². The summed E-state index contributed by atoms with van der Waals surface area (Å²) in [6.07, 6.45) is 0. The Balaban J connectivity index is 1.85. The Morgan fingerprint density at radius 3 is 2.56 bits per heavy atom. The summed E-state index contributed by atoms with van der Waals surface area (Å²) in [5.74, 6) is 0.273. The molecule has 2 aromatic heterocycles. The van der Waals surface area contributed by atoms with Crippen LogP contribution in [-0.4, -0.2) is 33.2 Å². The standard InChI is InChI=1S/C19H20N4O2S2/c1-11(2)20-19(25)23-17(24)12(3)27-18-13-7-4-5-8-14(13)21-16(22-18)15-9-6-10-26-15/h4-12H,1-3H3,(H2,20,23,24,25)/t12-/m0/s1. The summed E-state index contributed by atoms with van der Waals surface area (Å²) in [4.78, 5) is 34.4. The minimum Gasteiger partial charge on any atom is -0.336 e. The Hall–Kier alpha value is -2.45. The van der Waals surface area contributed by atoms with E-state index >= 15 is 0 Å². The lowest BCUT2D eigenvalue weighted by atomic mass is 10.2. The monoisotopic (exact) mass is 400 g/mol. The second-order valence-electron chi connectivity index (χ2n) is 6.22. The van der Waals surface area contributed by atoms with Crippen molar-refractivity contribution in [1.29, 1.82) is 0 Å². The summed E-state index contributed by atoms with van der Waals surface area (Å²) in [5, 5.41) is 8.11. The lowest BCUT2D eigenvalue weighted by Gasteiger charge is -2.14. The van der Waals surface area contributed by atoms with Gasteiger partial charge in [0.1, 0.15) is 5.03 Å². The van der Waals surface area contributed by atoms with Gasteiger partial charge in [0.15, 0.2) is 5.82 Å². The Morgan fingerprint density at radius 2 is 1.85 bits per heavy atom. The highest BCUT2D eigenvalue weighted by molar-refractivity contribution is 8.00. The van der Waals surface area contributed by atoms with E-state index in [2.05, 4.69) is 20.6 Å². The van der Waals surface area contributed by atoms with Gasteiger partial charge in [0.25, 0.3) is 0 Å². The lowest BCUT2D eigenvalue weighted by molar-refractivity contribution is -0.119. The number of imide groups is 1. The van der Waals surface area contributed by atoms with E-state index in [1.807, 2.05) is 55.6 Å². The minimum atomic E-state index is -0.491. The Morgan fingerprint density at radius 1 is 1.07 bits per heavy atom. The smallest absolute Gasteiger partial charge is 0.321 e. The third kappa shape index (κ3) is 4.84. The molecule has 0 fully saturated rings. The van der Waals surface area contributed by atoms with Gasteiger partial charge < -0.3 is 5.32 Å². The zero-order chi connectivity index (χ0) is 19.4. The first-order chi connectivity index (χ1) is 12.9. The number of para-hydroxylation sites is 1. The Kier molecular flexibility index (Phi) is 6.08. The molecule has 0 unspecified atom stereocenters. The van der Waals surface area contributed by atoms with Gasteiger partial charge in [-0.05, 0) is 38.3 Å². The molecule has 0 saturated carbocycles. The maximum absolute atomic E-state index is 12.4. The molecule has 3 rings (SSSR count). The van der Waals surface area contributed by atoms with Gasteiger partial charge in [0, 0.05) is 11.4 Å². The highest BCUT2D eigenvalue weighted by Gasteiger charge is 2.20. The van der Waals surface area contributed by atoms with E-state index in [0.29, 0.717) is 5.82 Å². The number of thioether (sulfide) groups is 1. The number of nitrogens with one attached hydrogen (secondary N) is 2. The number of thiophene rings is 1. The van der Waals surface area contributed by atoms with Gasteiger partial charge in [-0.1, -0.05) is 36.0 Å². The molecule has 0 aliphatic heterocycles. The molecule has 140 valence electrons. The number of carbonyl (C=O) groups excluding carboxylic acids is 2. The van der Waals surface area contributed by atoms with Gasteiger partial charge in [0.2, 0.25) is 5.91 Å². The van der Waals surface area contributed by atoms with Crippen molar-refractivity contribution in [3.05, 3.63) is 41.8 Å². The molecule has 2 heterocycles.